The first-order valence-electron chi connectivity index (χ1n) is 10.5. The van der Waals surface area contributed by atoms with Gasteiger partial charge in [0.25, 0.3) is 5.78 Å². The number of benzene rings is 3. The summed E-state index contributed by atoms with van der Waals surface area (Å²) in [7, 11) is -3.97. The third-order valence-corrected chi connectivity index (χ3v) is 6.48. The van der Waals surface area contributed by atoms with Gasteiger partial charge in [-0.25, -0.2) is 13.1 Å². The zero-order valence-corrected chi connectivity index (χ0v) is 19.3. The average molecular weight is 474 g/mol. The van der Waals surface area contributed by atoms with E-state index in [4.69, 9.17) is 0 Å². The molecule has 7 nitrogen and oxygen atoms in total. The van der Waals surface area contributed by atoms with Crippen molar-refractivity contribution in [1.82, 2.24) is 4.72 Å². The maximum Gasteiger partial charge on any atom is 0.405 e. The summed E-state index contributed by atoms with van der Waals surface area (Å²) in [5, 5.41) is 0. The second-order valence-corrected chi connectivity index (χ2v) is 9.30. The van der Waals surface area contributed by atoms with Crippen LogP contribution in [-0.4, -0.2) is 36.5 Å². The molecule has 0 radical (unpaired) electrons. The molecule has 8 heteroatoms. The summed E-state index contributed by atoms with van der Waals surface area (Å²) in [6.07, 6.45) is 2.78. The Kier molecular flexibility index (Phi) is 8.16. The number of hydrogen-bond donors (Lipinski definition) is 1. The van der Waals surface area contributed by atoms with Crippen LogP contribution < -0.4 is 4.72 Å². The molecule has 0 saturated carbocycles. The third kappa shape index (κ3) is 6.52. The van der Waals surface area contributed by atoms with E-state index in [0.717, 1.165) is 11.1 Å². The standard InChI is InChI=1S/C26H23N3O4S/c1-19-12-16-23(17-13-19)34(32,33)29-22(15-14-20-8-4-2-5-9-20)18-24(30)25(28-27)26(31)21-10-6-3-7-11-21/h2-17,22,29H,18H2,1H3/b15-14+. The van der Waals surface area contributed by atoms with Crippen molar-refractivity contribution < 1.29 is 22.8 Å². The fraction of sp³-hybridized carbons (Fsp3) is 0.115. The molecule has 1 N–H and O–H groups in total. The molecule has 0 aliphatic rings. The van der Waals surface area contributed by atoms with Crippen LogP contribution in [0, 0.1) is 6.92 Å². The van der Waals surface area contributed by atoms with Gasteiger partial charge in [0.05, 0.1) is 4.90 Å². The minimum absolute atomic E-state index is 0.0417. The van der Waals surface area contributed by atoms with Crippen LogP contribution in [-0.2, 0) is 14.8 Å². The number of carbonyl (C=O) groups excluding carboxylic acids is 2. The highest BCUT2D eigenvalue weighted by Gasteiger charge is 2.32. The van der Waals surface area contributed by atoms with Crippen LogP contribution in [0.2, 0.25) is 0 Å². The Labute approximate surface area is 198 Å². The van der Waals surface area contributed by atoms with E-state index < -0.39 is 39.8 Å². The lowest BCUT2D eigenvalue weighted by Crippen LogP contribution is -2.38. The van der Waals surface area contributed by atoms with Gasteiger partial charge in [0, 0.05) is 18.0 Å². The number of aryl methyl sites for hydroxylation is 1. The van der Waals surface area contributed by atoms with Gasteiger partial charge >= 0.3 is 5.71 Å². The number of sulfonamides is 1. The zero-order chi connectivity index (χ0) is 24.6. The van der Waals surface area contributed by atoms with Crippen molar-refractivity contribution in [3.8, 4) is 0 Å². The quantitative estimate of drug-likeness (QED) is 0.158. The first kappa shape index (κ1) is 24.7. The molecule has 3 aromatic rings. The van der Waals surface area contributed by atoms with Crippen LogP contribution in [0.3, 0.4) is 0 Å². The molecule has 172 valence electrons. The van der Waals surface area contributed by atoms with Gasteiger partial charge < -0.3 is 5.53 Å². The van der Waals surface area contributed by atoms with Gasteiger partial charge in [-0.3, -0.25) is 9.59 Å². The number of nitrogens with one attached hydrogen (secondary N) is 1. The summed E-state index contributed by atoms with van der Waals surface area (Å²) < 4.78 is 28.4. The van der Waals surface area contributed by atoms with E-state index in [0.29, 0.717) is 0 Å². The molecule has 3 aromatic carbocycles. The maximum atomic E-state index is 12.9. The van der Waals surface area contributed by atoms with Crippen molar-refractivity contribution >= 4 is 33.4 Å². The van der Waals surface area contributed by atoms with Crippen molar-refractivity contribution in [2.24, 2.45) is 0 Å². The van der Waals surface area contributed by atoms with Crippen LogP contribution in [0.25, 0.3) is 11.6 Å². The molecule has 0 aliphatic carbocycles. The molecular weight excluding hydrogens is 450 g/mol. The average Bonchev–Trinajstić information content (AvgIpc) is 2.84. The minimum Gasteiger partial charge on any atom is -0.360 e. The number of rotatable bonds is 10. The van der Waals surface area contributed by atoms with Gasteiger partial charge in [0.15, 0.2) is 0 Å². The van der Waals surface area contributed by atoms with E-state index in [2.05, 4.69) is 9.51 Å². The second kappa shape index (κ2) is 11.2. The van der Waals surface area contributed by atoms with E-state index in [-0.39, 0.29) is 10.5 Å². The molecule has 1 atom stereocenters. The van der Waals surface area contributed by atoms with Crippen LogP contribution in [0.5, 0.6) is 0 Å². The van der Waals surface area contributed by atoms with E-state index >= 15 is 0 Å². The Morgan fingerprint density at radius 1 is 0.941 bits per heavy atom. The van der Waals surface area contributed by atoms with E-state index in [9.17, 15) is 23.5 Å². The van der Waals surface area contributed by atoms with Crippen molar-refractivity contribution in [2.75, 3.05) is 0 Å². The van der Waals surface area contributed by atoms with E-state index in [1.54, 1.807) is 36.4 Å². The van der Waals surface area contributed by atoms with E-state index in [1.165, 1.54) is 30.3 Å². The van der Waals surface area contributed by atoms with Crippen LogP contribution in [0.4, 0.5) is 0 Å². The van der Waals surface area contributed by atoms with Gasteiger partial charge in [0.1, 0.15) is 0 Å². The highest BCUT2D eigenvalue weighted by molar-refractivity contribution is 7.89. The molecule has 0 saturated heterocycles. The Morgan fingerprint density at radius 2 is 1.53 bits per heavy atom. The first-order chi connectivity index (χ1) is 16.3. The number of hydrogen-bond acceptors (Lipinski definition) is 4. The lowest BCUT2D eigenvalue weighted by molar-refractivity contribution is -0.117. The third-order valence-electron chi connectivity index (χ3n) is 4.98. The molecule has 3 rings (SSSR count). The fourth-order valence-corrected chi connectivity index (χ4v) is 4.37. The Bertz CT molecular complexity index is 1340. The number of nitrogens with zero attached hydrogens (tertiary/aromatic N) is 2. The molecule has 0 amide bonds. The Balaban J connectivity index is 1.87. The molecule has 0 aromatic heterocycles. The molecular formula is C26H23N3O4S. The monoisotopic (exact) mass is 473 g/mol. The summed E-state index contributed by atoms with van der Waals surface area (Å²) in [6.45, 7) is 1.84. The summed E-state index contributed by atoms with van der Waals surface area (Å²) in [6, 6.07) is 22.4. The van der Waals surface area contributed by atoms with E-state index in [1.807, 2.05) is 37.3 Å². The van der Waals surface area contributed by atoms with Crippen LogP contribution in [0.15, 0.2) is 95.9 Å². The summed E-state index contributed by atoms with van der Waals surface area (Å²) in [5.74, 6) is -1.55. The van der Waals surface area contributed by atoms with Crippen molar-refractivity contribution in [1.29, 1.82) is 0 Å². The SMILES string of the molecule is Cc1ccc(S(=O)(=O)NC(/C=C/c2ccccc2)CC(=O)C(=[N+]=[N-])C(=O)c2ccccc2)cc1. The van der Waals surface area contributed by atoms with Gasteiger partial charge in [0.2, 0.25) is 15.8 Å². The summed E-state index contributed by atoms with van der Waals surface area (Å²) >= 11 is 0. The van der Waals surface area contributed by atoms with Crippen molar-refractivity contribution in [3.63, 3.8) is 0 Å². The number of Topliss-reactive ketones (excluding diaryl/α,β-unsaturated/α-hetero) is 2. The van der Waals surface area contributed by atoms with Crippen molar-refractivity contribution in [2.45, 2.75) is 24.3 Å². The topological polar surface area (TPSA) is 117 Å². The Morgan fingerprint density at radius 3 is 2.12 bits per heavy atom. The maximum absolute atomic E-state index is 12.9. The molecule has 34 heavy (non-hydrogen) atoms. The van der Waals surface area contributed by atoms with Crippen LogP contribution >= 0.6 is 0 Å². The van der Waals surface area contributed by atoms with Gasteiger partial charge in [-0.05, 0) is 24.6 Å². The normalized spacial score (nSPS) is 12.1. The summed E-state index contributed by atoms with van der Waals surface area (Å²) in [4.78, 5) is 28.5. The minimum atomic E-state index is -3.97. The molecule has 0 heterocycles. The van der Waals surface area contributed by atoms with Gasteiger partial charge in [-0.1, -0.05) is 90.5 Å². The van der Waals surface area contributed by atoms with Gasteiger partial charge in [-0.15, -0.1) is 0 Å². The molecule has 0 spiro atoms. The smallest absolute Gasteiger partial charge is 0.360 e. The van der Waals surface area contributed by atoms with Crippen molar-refractivity contribution in [3.05, 3.63) is 113 Å². The molecule has 0 fully saturated rings. The predicted molar refractivity (Wildman–Crippen MR) is 130 cm³/mol. The lowest BCUT2D eigenvalue weighted by Gasteiger charge is -2.14. The number of ketones is 2. The molecule has 0 bridgehead atoms. The molecule has 1 unspecified atom stereocenters. The first-order valence-corrected chi connectivity index (χ1v) is 12.0. The molecule has 0 aliphatic heterocycles. The fourth-order valence-electron chi connectivity index (χ4n) is 3.18. The van der Waals surface area contributed by atoms with Crippen LogP contribution in [0.1, 0.15) is 27.9 Å². The summed E-state index contributed by atoms with van der Waals surface area (Å²) in [5.41, 5.74) is 10.6. The van der Waals surface area contributed by atoms with Gasteiger partial charge in [-0.2, -0.15) is 4.79 Å². The second-order valence-electron chi connectivity index (χ2n) is 7.58. The highest BCUT2D eigenvalue weighted by atomic mass is 32.2. The predicted octanol–water partition coefficient (Wildman–Crippen LogP) is 3.87. The Hall–Kier alpha value is -3.97. The largest absolute Gasteiger partial charge is 0.405 e. The highest BCUT2D eigenvalue weighted by Crippen LogP contribution is 2.14. The lowest BCUT2D eigenvalue weighted by atomic mass is 9.99. The zero-order valence-electron chi connectivity index (χ0n) is 18.5. The number of carbonyl (C=O) groups is 2.